The molecule has 7 heteroatoms. The highest BCUT2D eigenvalue weighted by Gasteiger charge is 2.15. The number of methoxy groups -OCH3 is 1. The van der Waals surface area contributed by atoms with E-state index < -0.39 is 5.97 Å². The number of aryl methyl sites for hydroxylation is 2. The Balaban J connectivity index is 2.07. The number of benzene rings is 1. The van der Waals surface area contributed by atoms with E-state index in [0.29, 0.717) is 34.4 Å². The van der Waals surface area contributed by atoms with E-state index >= 15 is 0 Å². The molecule has 2 heterocycles. The molecule has 6 nitrogen and oxygen atoms in total. The Hall–Kier alpha value is -2.67. The fourth-order valence-electron chi connectivity index (χ4n) is 2.47. The molecule has 3 rings (SSSR count). The van der Waals surface area contributed by atoms with Crippen LogP contribution in [0, 0.1) is 6.92 Å². The van der Waals surface area contributed by atoms with Crippen LogP contribution in [0.4, 0.5) is 0 Å². The van der Waals surface area contributed by atoms with Crippen molar-refractivity contribution in [1.29, 1.82) is 0 Å². The van der Waals surface area contributed by atoms with Gasteiger partial charge in [0.25, 0.3) is 0 Å². The van der Waals surface area contributed by atoms with Gasteiger partial charge in [0.15, 0.2) is 6.61 Å². The van der Waals surface area contributed by atoms with Crippen LogP contribution in [0.15, 0.2) is 33.0 Å². The summed E-state index contributed by atoms with van der Waals surface area (Å²) >= 11 is 1.48. The molecule has 3 aromatic rings. The maximum Gasteiger partial charge on any atom is 0.343 e. The van der Waals surface area contributed by atoms with Gasteiger partial charge < -0.3 is 13.9 Å². The second kappa shape index (κ2) is 7.06. The first-order valence-electron chi connectivity index (χ1n) is 7.74. The second-order valence-electron chi connectivity index (χ2n) is 5.40. The SMILES string of the molecule is CCc1cc2c(=O)c(-c3csc(C)n3)coc2cc1OCC(=O)OC. The first-order valence-corrected chi connectivity index (χ1v) is 8.62. The van der Waals surface area contributed by atoms with Gasteiger partial charge in [-0.2, -0.15) is 0 Å². The summed E-state index contributed by atoms with van der Waals surface area (Å²) in [5, 5.41) is 3.18. The average molecular weight is 359 g/mol. The number of hydrogen-bond acceptors (Lipinski definition) is 7. The molecule has 0 N–H and O–H groups in total. The molecule has 0 atom stereocenters. The summed E-state index contributed by atoms with van der Waals surface area (Å²) in [6.07, 6.45) is 2.06. The van der Waals surface area contributed by atoms with Gasteiger partial charge in [-0.3, -0.25) is 4.79 Å². The van der Waals surface area contributed by atoms with Crippen LogP contribution < -0.4 is 10.2 Å². The van der Waals surface area contributed by atoms with Gasteiger partial charge in [0, 0.05) is 11.4 Å². The molecule has 0 amide bonds. The minimum atomic E-state index is -0.474. The molecule has 2 aromatic heterocycles. The normalized spacial score (nSPS) is 10.8. The first-order chi connectivity index (χ1) is 12.0. The van der Waals surface area contributed by atoms with Gasteiger partial charge in [-0.05, 0) is 25.0 Å². The number of fused-ring (bicyclic) bond motifs is 1. The molecule has 0 unspecified atom stereocenters. The summed E-state index contributed by atoms with van der Waals surface area (Å²) in [5.41, 5.74) is 2.12. The van der Waals surface area contributed by atoms with Crippen molar-refractivity contribution in [2.24, 2.45) is 0 Å². The van der Waals surface area contributed by atoms with Crippen LogP contribution in [0.5, 0.6) is 5.75 Å². The Morgan fingerprint density at radius 1 is 1.36 bits per heavy atom. The molecule has 0 aliphatic heterocycles. The number of ether oxygens (including phenoxy) is 2. The molecule has 0 aliphatic rings. The summed E-state index contributed by atoms with van der Waals surface area (Å²) < 4.78 is 15.7. The number of carbonyl (C=O) groups excluding carboxylic acids is 1. The molecule has 25 heavy (non-hydrogen) atoms. The lowest BCUT2D eigenvalue weighted by molar-refractivity contribution is -0.142. The molecule has 130 valence electrons. The number of aromatic nitrogens is 1. The van der Waals surface area contributed by atoms with Crippen molar-refractivity contribution >= 4 is 28.3 Å². The predicted octanol–water partition coefficient (Wildman–Crippen LogP) is 3.34. The highest BCUT2D eigenvalue weighted by molar-refractivity contribution is 7.09. The molecule has 0 spiro atoms. The highest BCUT2D eigenvalue weighted by atomic mass is 32.1. The standard InChI is InChI=1S/C18H17NO5S/c1-4-11-5-12-16(6-15(11)24-8-17(20)22-3)23-7-13(18(12)21)14-9-25-10(2)19-14/h5-7,9H,4,8H2,1-3H3. The molecule has 1 aromatic carbocycles. The van der Waals surface area contributed by atoms with Crippen molar-refractivity contribution in [3.05, 3.63) is 44.6 Å². The Bertz CT molecular complexity index is 989. The minimum absolute atomic E-state index is 0.138. The van der Waals surface area contributed by atoms with E-state index in [-0.39, 0.29) is 12.0 Å². The highest BCUT2D eigenvalue weighted by Crippen LogP contribution is 2.27. The van der Waals surface area contributed by atoms with Gasteiger partial charge >= 0.3 is 5.97 Å². The molecule has 0 saturated carbocycles. The van der Waals surface area contributed by atoms with Crippen LogP contribution >= 0.6 is 11.3 Å². The monoisotopic (exact) mass is 359 g/mol. The van der Waals surface area contributed by atoms with Crippen LogP contribution in [0.1, 0.15) is 17.5 Å². The lowest BCUT2D eigenvalue weighted by Crippen LogP contribution is -2.13. The van der Waals surface area contributed by atoms with E-state index in [1.807, 2.05) is 19.2 Å². The number of nitrogens with zero attached hydrogens (tertiary/aromatic N) is 1. The maximum atomic E-state index is 12.8. The molecule has 0 radical (unpaired) electrons. The fraction of sp³-hybridized carbons (Fsp3) is 0.278. The summed E-state index contributed by atoms with van der Waals surface area (Å²) in [5.74, 6) is 0.0265. The Kier molecular flexibility index (Phi) is 4.85. The van der Waals surface area contributed by atoms with E-state index in [4.69, 9.17) is 9.15 Å². The average Bonchev–Trinajstić information content (AvgIpc) is 3.05. The van der Waals surface area contributed by atoms with Gasteiger partial charge in [0.05, 0.1) is 28.8 Å². The fourth-order valence-corrected chi connectivity index (χ4v) is 3.08. The van der Waals surface area contributed by atoms with E-state index in [1.165, 1.54) is 24.7 Å². The van der Waals surface area contributed by atoms with E-state index in [0.717, 1.165) is 10.6 Å². The van der Waals surface area contributed by atoms with E-state index in [2.05, 4.69) is 9.72 Å². The number of esters is 1. The molecule has 0 bridgehead atoms. The van der Waals surface area contributed by atoms with Gasteiger partial charge in [-0.1, -0.05) is 6.92 Å². The third-order valence-electron chi connectivity index (χ3n) is 3.80. The summed E-state index contributed by atoms with van der Waals surface area (Å²) in [4.78, 5) is 28.4. The number of carbonyl (C=O) groups is 1. The van der Waals surface area contributed by atoms with Crippen molar-refractivity contribution in [2.45, 2.75) is 20.3 Å². The summed E-state index contributed by atoms with van der Waals surface area (Å²) in [6, 6.07) is 3.38. The molecular weight excluding hydrogens is 342 g/mol. The van der Waals surface area contributed by atoms with Crippen molar-refractivity contribution in [2.75, 3.05) is 13.7 Å². The van der Waals surface area contributed by atoms with Crippen molar-refractivity contribution in [1.82, 2.24) is 4.98 Å². The Morgan fingerprint density at radius 3 is 2.80 bits per heavy atom. The number of hydrogen-bond donors (Lipinski definition) is 0. The summed E-state index contributed by atoms with van der Waals surface area (Å²) in [7, 11) is 1.30. The smallest absolute Gasteiger partial charge is 0.343 e. The topological polar surface area (TPSA) is 78.6 Å². The zero-order valence-electron chi connectivity index (χ0n) is 14.1. The number of rotatable bonds is 5. The predicted molar refractivity (Wildman–Crippen MR) is 95.2 cm³/mol. The lowest BCUT2D eigenvalue weighted by atomic mass is 10.1. The van der Waals surface area contributed by atoms with Crippen molar-refractivity contribution in [3.8, 4) is 17.0 Å². The maximum absolute atomic E-state index is 12.8. The van der Waals surface area contributed by atoms with Gasteiger partial charge in [-0.15, -0.1) is 11.3 Å². The third-order valence-corrected chi connectivity index (χ3v) is 4.58. The zero-order valence-corrected chi connectivity index (χ0v) is 14.9. The Labute approximate surface area is 148 Å². The minimum Gasteiger partial charge on any atom is -0.481 e. The van der Waals surface area contributed by atoms with E-state index in [9.17, 15) is 9.59 Å². The van der Waals surface area contributed by atoms with Crippen LogP contribution in [-0.4, -0.2) is 24.7 Å². The molecular formula is C18H17NO5S. The summed E-state index contributed by atoms with van der Waals surface area (Å²) in [6.45, 7) is 3.63. The molecule has 0 aliphatic carbocycles. The van der Waals surface area contributed by atoms with Gasteiger partial charge in [0.1, 0.15) is 17.6 Å². The van der Waals surface area contributed by atoms with Gasteiger partial charge in [-0.25, -0.2) is 9.78 Å². The third kappa shape index (κ3) is 3.41. The van der Waals surface area contributed by atoms with Crippen LogP contribution in [0.25, 0.3) is 22.2 Å². The van der Waals surface area contributed by atoms with Crippen molar-refractivity contribution < 1.29 is 18.7 Å². The molecule has 0 fully saturated rings. The zero-order chi connectivity index (χ0) is 18.0. The van der Waals surface area contributed by atoms with Crippen LogP contribution in [0.3, 0.4) is 0 Å². The first kappa shape index (κ1) is 17.2. The van der Waals surface area contributed by atoms with Crippen LogP contribution in [-0.2, 0) is 16.0 Å². The van der Waals surface area contributed by atoms with E-state index in [1.54, 1.807) is 12.1 Å². The second-order valence-corrected chi connectivity index (χ2v) is 6.47. The van der Waals surface area contributed by atoms with Crippen molar-refractivity contribution in [3.63, 3.8) is 0 Å². The Morgan fingerprint density at radius 2 is 2.16 bits per heavy atom. The molecule has 0 saturated heterocycles. The lowest BCUT2D eigenvalue weighted by Gasteiger charge is -2.11. The van der Waals surface area contributed by atoms with Crippen LogP contribution in [0.2, 0.25) is 0 Å². The van der Waals surface area contributed by atoms with Gasteiger partial charge in [0.2, 0.25) is 5.43 Å². The number of thiazole rings is 1. The largest absolute Gasteiger partial charge is 0.481 e. The quantitative estimate of drug-likeness (QED) is 0.650.